The van der Waals surface area contributed by atoms with Crippen molar-refractivity contribution >= 4 is 139 Å². The van der Waals surface area contributed by atoms with Crippen LogP contribution in [0.15, 0.2) is 91.4 Å². The van der Waals surface area contributed by atoms with E-state index in [1.54, 1.807) is 55.0 Å². The zero-order valence-corrected chi connectivity index (χ0v) is 52.8. The van der Waals surface area contributed by atoms with Crippen molar-refractivity contribution in [2.75, 3.05) is 70.2 Å². The molecular weight excluding hydrogens is 1300 g/mol. The number of aliphatic carboxylic acids is 6. The molecule has 0 aliphatic carbocycles. The molecule has 3 amide bonds. The summed E-state index contributed by atoms with van der Waals surface area (Å²) in [6, 6.07) is 15.5. The van der Waals surface area contributed by atoms with Crippen LogP contribution in [0.2, 0.25) is 0 Å². The Morgan fingerprint density at radius 2 is 0.596 bits per heavy atom. The van der Waals surface area contributed by atoms with Crippen LogP contribution in [0.5, 0.6) is 0 Å². The molecule has 0 unspecified atom stereocenters. The maximum Gasteiger partial charge on any atom is 0.326 e. The predicted octanol–water partition coefficient (Wildman–Crippen LogP) is 0.805. The molecule has 3 atom stereocenters. The molecule has 0 fully saturated rings. The standard InChI is InChI=1S/3C20H22N8O5/c3*1-28(9-11-8-23-17-15(24-11)16(21)26-20(22)27-17)12-4-2-10(3-5-12)18(31)25-13(19(32)33)6-7-14(29)30/h3*2-5,8,13H,6-7,9H2,1H3,(H,25,31)(H,29,30)(H,32,33)(H4,21,22,23,26,27)/t3*13-/m000/s1. The molecule has 9 aromatic rings. The molecule has 6 aromatic heterocycles. The molecule has 0 radical (unpaired) electrons. The topological polar surface area (TPSA) is 632 Å². The third kappa shape index (κ3) is 20.7. The monoisotopic (exact) mass is 1360 g/mol. The van der Waals surface area contributed by atoms with Crippen LogP contribution in [0.3, 0.4) is 0 Å². The Labute approximate surface area is 558 Å². The van der Waals surface area contributed by atoms with Gasteiger partial charge in [0.15, 0.2) is 50.9 Å². The number of carboxylic acid groups (broad SMARTS) is 6. The molecule has 0 aliphatic heterocycles. The number of anilines is 9. The molecule has 39 heteroatoms. The van der Waals surface area contributed by atoms with E-state index < -0.39 is 71.7 Å². The van der Waals surface area contributed by atoms with Gasteiger partial charge in [-0.25, -0.2) is 44.3 Å². The van der Waals surface area contributed by atoms with Gasteiger partial charge in [-0.1, -0.05) is 0 Å². The summed E-state index contributed by atoms with van der Waals surface area (Å²) < 4.78 is 0. The molecule has 0 saturated heterocycles. The van der Waals surface area contributed by atoms with E-state index in [2.05, 4.69) is 75.8 Å². The van der Waals surface area contributed by atoms with Gasteiger partial charge >= 0.3 is 35.8 Å². The number of nitrogens with zero attached hydrogens (tertiary/aromatic N) is 15. The highest BCUT2D eigenvalue weighted by Crippen LogP contribution is 2.23. The molecule has 516 valence electrons. The number of carbonyl (C=O) groups excluding carboxylic acids is 3. The number of hydrogen-bond acceptors (Lipinski definition) is 30. The van der Waals surface area contributed by atoms with Crippen LogP contribution in [0.25, 0.3) is 33.5 Å². The summed E-state index contributed by atoms with van der Waals surface area (Å²) in [7, 11) is 5.45. The van der Waals surface area contributed by atoms with E-state index in [9.17, 15) is 58.5 Å². The Hall–Kier alpha value is -13.7. The zero-order valence-electron chi connectivity index (χ0n) is 52.8. The number of nitrogens with two attached hydrogens (primary N) is 6. The first-order chi connectivity index (χ1) is 46.9. The van der Waals surface area contributed by atoms with Crippen LogP contribution in [0, 0.1) is 0 Å². The van der Waals surface area contributed by atoms with Crippen molar-refractivity contribution in [1.82, 2.24) is 75.8 Å². The maximum atomic E-state index is 12.4. The van der Waals surface area contributed by atoms with Crippen molar-refractivity contribution in [1.29, 1.82) is 0 Å². The van der Waals surface area contributed by atoms with E-state index in [0.29, 0.717) is 70.2 Å². The number of hydrogen-bond donors (Lipinski definition) is 15. The van der Waals surface area contributed by atoms with Gasteiger partial charge in [0.05, 0.1) is 55.3 Å². The summed E-state index contributed by atoms with van der Waals surface area (Å²) in [6.07, 6.45) is 2.89. The largest absolute Gasteiger partial charge is 0.481 e. The minimum Gasteiger partial charge on any atom is -0.481 e. The summed E-state index contributed by atoms with van der Waals surface area (Å²) in [5.41, 5.74) is 41.0. The van der Waals surface area contributed by atoms with Gasteiger partial charge in [-0.05, 0) is 92.1 Å². The molecule has 0 saturated carbocycles. The lowest BCUT2D eigenvalue weighted by molar-refractivity contribution is -0.142. The molecule has 0 bridgehead atoms. The summed E-state index contributed by atoms with van der Waals surface area (Å²) >= 11 is 0. The second-order valence-corrected chi connectivity index (χ2v) is 21.6. The van der Waals surface area contributed by atoms with Crippen LogP contribution in [-0.4, -0.2) is 183 Å². The first-order valence-corrected chi connectivity index (χ1v) is 29.3. The predicted molar refractivity (Wildman–Crippen MR) is 355 cm³/mol. The molecule has 6 heterocycles. The molecule has 9 rings (SSSR count). The fraction of sp³-hybridized carbons (Fsp3) is 0.250. The fourth-order valence-electron chi connectivity index (χ4n) is 9.08. The second-order valence-electron chi connectivity index (χ2n) is 21.6. The van der Waals surface area contributed by atoms with Crippen molar-refractivity contribution in [3.05, 3.63) is 125 Å². The van der Waals surface area contributed by atoms with E-state index in [1.807, 2.05) is 35.8 Å². The van der Waals surface area contributed by atoms with Crippen molar-refractivity contribution in [3.8, 4) is 0 Å². The van der Waals surface area contributed by atoms with Gasteiger partial charge in [0.2, 0.25) is 17.8 Å². The lowest BCUT2D eigenvalue weighted by Gasteiger charge is -2.19. The van der Waals surface area contributed by atoms with E-state index >= 15 is 0 Å². The minimum atomic E-state index is -1.30. The highest BCUT2D eigenvalue weighted by atomic mass is 16.4. The SMILES string of the molecule is CN(Cc1cnc2nc(N)nc(N)c2n1)c1ccc(C(=O)N[C@@H](CCC(=O)O)C(=O)O)cc1.CN(Cc1cnc2nc(N)nc(N)c2n1)c1ccc(C(=O)N[C@@H](CCC(=O)O)C(=O)O)cc1.CN(Cc1cnc2nc(N)nc(N)c2n1)c1ccc(C(=O)N[C@@H](CCC(=O)O)C(=O)O)cc1. The van der Waals surface area contributed by atoms with E-state index in [0.717, 1.165) is 17.1 Å². The van der Waals surface area contributed by atoms with Gasteiger partial charge in [-0.15, -0.1) is 0 Å². The number of rotatable bonds is 27. The number of aromatic nitrogens is 12. The highest BCUT2D eigenvalue weighted by molar-refractivity contribution is 5.99. The summed E-state index contributed by atoms with van der Waals surface area (Å²) in [5, 5.41) is 60.7. The van der Waals surface area contributed by atoms with Gasteiger partial charge < -0.3 is 95.7 Å². The first kappa shape index (κ1) is 72.8. The maximum absolute atomic E-state index is 12.4. The number of carbonyl (C=O) groups is 9. The Kier molecular flexibility index (Phi) is 24.2. The lowest BCUT2D eigenvalue weighted by atomic mass is 10.1. The lowest BCUT2D eigenvalue weighted by Crippen LogP contribution is -2.41. The quantitative estimate of drug-likeness (QED) is 0.0339. The molecule has 21 N–H and O–H groups in total. The van der Waals surface area contributed by atoms with Crippen LogP contribution < -0.4 is 65.1 Å². The van der Waals surface area contributed by atoms with Crippen LogP contribution in [0.1, 0.15) is 86.7 Å². The second kappa shape index (κ2) is 33.0. The van der Waals surface area contributed by atoms with Gasteiger partial charge in [0, 0.05) is 74.2 Å². The smallest absolute Gasteiger partial charge is 0.326 e. The van der Waals surface area contributed by atoms with Crippen molar-refractivity contribution in [2.45, 2.75) is 76.3 Å². The van der Waals surface area contributed by atoms with Crippen LogP contribution >= 0.6 is 0 Å². The Bertz CT molecular complexity index is 4050. The van der Waals surface area contributed by atoms with Gasteiger partial charge in [-0.3, -0.25) is 28.8 Å². The summed E-state index contributed by atoms with van der Waals surface area (Å²) in [6.45, 7) is 1.11. The van der Waals surface area contributed by atoms with E-state index in [4.69, 9.17) is 49.7 Å². The number of nitrogen functional groups attached to an aromatic ring is 6. The Morgan fingerprint density at radius 3 is 0.808 bits per heavy atom. The van der Waals surface area contributed by atoms with Crippen molar-refractivity contribution in [3.63, 3.8) is 0 Å². The van der Waals surface area contributed by atoms with Crippen LogP contribution in [0.4, 0.5) is 52.4 Å². The number of carboxylic acids is 6. The van der Waals surface area contributed by atoms with Crippen molar-refractivity contribution in [2.24, 2.45) is 0 Å². The fourth-order valence-corrected chi connectivity index (χ4v) is 9.08. The number of fused-ring (bicyclic) bond motifs is 3. The van der Waals surface area contributed by atoms with E-state index in [1.165, 1.54) is 36.4 Å². The molecule has 3 aromatic carbocycles. The third-order valence-electron chi connectivity index (χ3n) is 14.2. The summed E-state index contributed by atoms with van der Waals surface area (Å²) in [4.78, 5) is 158. The molecule has 39 nitrogen and oxygen atoms in total. The zero-order chi connectivity index (χ0) is 72.4. The number of amides is 3. The summed E-state index contributed by atoms with van der Waals surface area (Å²) in [5.74, 6) is -8.72. The first-order valence-electron chi connectivity index (χ1n) is 29.3. The van der Waals surface area contributed by atoms with E-state index in [-0.39, 0.29) is 90.5 Å². The molecular formula is C60H66N24O15. The molecule has 0 aliphatic rings. The highest BCUT2D eigenvalue weighted by Gasteiger charge is 2.25. The van der Waals surface area contributed by atoms with Gasteiger partial charge in [0.25, 0.3) is 17.7 Å². The van der Waals surface area contributed by atoms with Gasteiger partial charge in [0.1, 0.15) is 18.1 Å². The minimum absolute atomic E-state index is 0.0138. The van der Waals surface area contributed by atoms with Crippen LogP contribution in [-0.2, 0) is 48.4 Å². The third-order valence-corrected chi connectivity index (χ3v) is 14.2. The Morgan fingerprint density at radius 1 is 0.364 bits per heavy atom. The van der Waals surface area contributed by atoms with Gasteiger partial charge in [-0.2, -0.15) is 29.9 Å². The molecule has 99 heavy (non-hydrogen) atoms. The molecule has 0 spiro atoms. The van der Waals surface area contributed by atoms with Crippen molar-refractivity contribution < 1.29 is 73.8 Å². The number of nitrogens with one attached hydrogen (secondary N) is 3. The average molecular weight is 1360 g/mol. The number of benzene rings is 3. The average Bonchev–Trinajstić information content (AvgIpc) is 0.824. The Balaban J connectivity index is 0.000000209. The normalized spacial score (nSPS) is 11.7.